The maximum absolute atomic E-state index is 5.88. The summed E-state index contributed by atoms with van der Waals surface area (Å²) in [5.41, 5.74) is 9.99. The molecule has 1 atom stereocenters. The molecule has 1 aliphatic rings. The average molecular weight is 246 g/mol. The minimum Gasteiger partial charge on any atom is -0.372 e. The molecule has 1 unspecified atom stereocenters. The first-order chi connectivity index (χ1) is 8.58. The first-order valence-corrected chi connectivity index (χ1v) is 7.16. The predicted octanol–water partition coefficient (Wildman–Crippen LogP) is 3.26. The van der Waals surface area contributed by atoms with Crippen LogP contribution in [0, 0.1) is 6.92 Å². The third kappa shape index (κ3) is 3.05. The minimum atomic E-state index is 0.238. The molecule has 2 nitrogen and oxygen atoms in total. The summed E-state index contributed by atoms with van der Waals surface area (Å²) in [7, 11) is 2.23. The van der Waals surface area contributed by atoms with E-state index in [-0.39, 0.29) is 6.04 Å². The summed E-state index contributed by atoms with van der Waals surface area (Å²) in [5, 5.41) is 0. The number of hydrogen-bond acceptors (Lipinski definition) is 2. The second kappa shape index (κ2) is 5.75. The topological polar surface area (TPSA) is 29.3 Å². The van der Waals surface area contributed by atoms with Crippen LogP contribution in [0.4, 0.5) is 5.69 Å². The molecule has 1 saturated carbocycles. The fourth-order valence-corrected chi connectivity index (χ4v) is 2.98. The first kappa shape index (κ1) is 13.4. The van der Waals surface area contributed by atoms with Crippen LogP contribution in [-0.4, -0.2) is 19.1 Å². The molecular weight excluding hydrogens is 220 g/mol. The Hall–Kier alpha value is -1.02. The van der Waals surface area contributed by atoms with E-state index in [4.69, 9.17) is 5.73 Å². The number of anilines is 1. The van der Waals surface area contributed by atoms with E-state index in [1.54, 1.807) is 0 Å². The Balaban J connectivity index is 2.12. The van der Waals surface area contributed by atoms with Gasteiger partial charge in [-0.2, -0.15) is 0 Å². The third-order valence-electron chi connectivity index (χ3n) is 4.15. The van der Waals surface area contributed by atoms with Gasteiger partial charge in [0.25, 0.3) is 0 Å². The molecule has 18 heavy (non-hydrogen) atoms. The van der Waals surface area contributed by atoms with E-state index in [0.717, 1.165) is 12.5 Å². The van der Waals surface area contributed by atoms with Gasteiger partial charge in [0.1, 0.15) is 0 Å². The lowest BCUT2D eigenvalue weighted by Crippen LogP contribution is -2.28. The van der Waals surface area contributed by atoms with Crippen LogP contribution in [0.2, 0.25) is 0 Å². The van der Waals surface area contributed by atoms with Crippen molar-refractivity contribution in [1.82, 2.24) is 0 Å². The van der Waals surface area contributed by atoms with Gasteiger partial charge in [-0.25, -0.2) is 0 Å². The van der Waals surface area contributed by atoms with Crippen molar-refractivity contribution in [3.8, 4) is 0 Å². The summed E-state index contributed by atoms with van der Waals surface area (Å²) in [6.45, 7) is 4.27. The smallest absolute Gasteiger partial charge is 0.0368 e. The molecular formula is C16H26N2. The third-order valence-corrected chi connectivity index (χ3v) is 4.15. The van der Waals surface area contributed by atoms with Crippen molar-refractivity contribution in [3.63, 3.8) is 0 Å². The SMILES string of the molecule is Cc1cc(N(C)C2CCCC2)ccc1CC(C)N. The molecule has 0 aromatic heterocycles. The van der Waals surface area contributed by atoms with Gasteiger partial charge in [0.15, 0.2) is 0 Å². The summed E-state index contributed by atoms with van der Waals surface area (Å²) in [4.78, 5) is 2.45. The van der Waals surface area contributed by atoms with E-state index in [0.29, 0.717) is 0 Å². The van der Waals surface area contributed by atoms with Gasteiger partial charge in [-0.3, -0.25) is 0 Å². The lowest BCUT2D eigenvalue weighted by atomic mass is 10.0. The lowest BCUT2D eigenvalue weighted by molar-refractivity contribution is 0.652. The second-order valence-electron chi connectivity index (χ2n) is 5.84. The van der Waals surface area contributed by atoms with Crippen LogP contribution in [0.25, 0.3) is 0 Å². The van der Waals surface area contributed by atoms with Crippen LogP contribution in [0.1, 0.15) is 43.7 Å². The van der Waals surface area contributed by atoms with Crippen molar-refractivity contribution in [1.29, 1.82) is 0 Å². The monoisotopic (exact) mass is 246 g/mol. The molecule has 1 fully saturated rings. The molecule has 1 aromatic rings. The molecule has 2 N–H and O–H groups in total. The molecule has 1 aliphatic carbocycles. The lowest BCUT2D eigenvalue weighted by Gasteiger charge is -2.27. The van der Waals surface area contributed by atoms with Gasteiger partial charge in [-0.05, 0) is 56.4 Å². The van der Waals surface area contributed by atoms with Crippen molar-refractivity contribution < 1.29 is 0 Å². The van der Waals surface area contributed by atoms with E-state index < -0.39 is 0 Å². The highest BCUT2D eigenvalue weighted by atomic mass is 15.1. The molecule has 100 valence electrons. The van der Waals surface area contributed by atoms with E-state index in [1.807, 2.05) is 0 Å². The summed E-state index contributed by atoms with van der Waals surface area (Å²) in [6.07, 6.45) is 6.43. The Bertz CT molecular complexity index is 392. The highest BCUT2D eigenvalue weighted by Crippen LogP contribution is 2.28. The van der Waals surface area contributed by atoms with E-state index in [9.17, 15) is 0 Å². The van der Waals surface area contributed by atoms with Gasteiger partial charge in [-0.1, -0.05) is 18.9 Å². The predicted molar refractivity (Wildman–Crippen MR) is 79.2 cm³/mol. The van der Waals surface area contributed by atoms with Crippen molar-refractivity contribution in [2.24, 2.45) is 5.73 Å². The molecule has 0 aliphatic heterocycles. The Labute approximate surface area is 111 Å². The molecule has 2 heteroatoms. The van der Waals surface area contributed by atoms with E-state index in [2.05, 4.69) is 44.0 Å². The van der Waals surface area contributed by atoms with Crippen molar-refractivity contribution >= 4 is 5.69 Å². The van der Waals surface area contributed by atoms with Gasteiger partial charge < -0.3 is 10.6 Å². The summed E-state index contributed by atoms with van der Waals surface area (Å²) >= 11 is 0. The van der Waals surface area contributed by atoms with E-state index >= 15 is 0 Å². The van der Waals surface area contributed by atoms with Crippen molar-refractivity contribution in [2.45, 2.75) is 58.0 Å². The van der Waals surface area contributed by atoms with Crippen molar-refractivity contribution in [2.75, 3.05) is 11.9 Å². The van der Waals surface area contributed by atoms with E-state index in [1.165, 1.54) is 42.5 Å². The van der Waals surface area contributed by atoms with Gasteiger partial charge in [0.2, 0.25) is 0 Å². The largest absolute Gasteiger partial charge is 0.372 e. The maximum atomic E-state index is 5.88. The van der Waals surface area contributed by atoms with Gasteiger partial charge in [0, 0.05) is 24.8 Å². The number of hydrogen-bond donors (Lipinski definition) is 1. The summed E-state index contributed by atoms with van der Waals surface area (Å²) < 4.78 is 0. The zero-order valence-electron chi connectivity index (χ0n) is 11.9. The van der Waals surface area contributed by atoms with Crippen molar-refractivity contribution in [3.05, 3.63) is 29.3 Å². The average Bonchev–Trinajstić information content (AvgIpc) is 2.84. The number of benzene rings is 1. The molecule has 0 amide bonds. The molecule has 0 spiro atoms. The fraction of sp³-hybridized carbons (Fsp3) is 0.625. The normalized spacial score (nSPS) is 18.0. The molecule has 1 aromatic carbocycles. The standard InChI is InChI=1S/C16H26N2/c1-12-10-16(9-8-14(12)11-13(2)17)18(3)15-6-4-5-7-15/h8-10,13,15H,4-7,11,17H2,1-3H3. The zero-order chi connectivity index (χ0) is 13.1. The first-order valence-electron chi connectivity index (χ1n) is 7.16. The minimum absolute atomic E-state index is 0.238. The highest BCUT2D eigenvalue weighted by Gasteiger charge is 2.20. The second-order valence-corrected chi connectivity index (χ2v) is 5.84. The van der Waals surface area contributed by atoms with Gasteiger partial charge in [0.05, 0.1) is 0 Å². The number of rotatable bonds is 4. The Morgan fingerprint density at radius 1 is 1.33 bits per heavy atom. The quantitative estimate of drug-likeness (QED) is 0.883. The molecule has 0 saturated heterocycles. The highest BCUT2D eigenvalue weighted by molar-refractivity contribution is 5.51. The van der Waals surface area contributed by atoms with Crippen LogP contribution < -0.4 is 10.6 Å². The van der Waals surface area contributed by atoms with Crippen LogP contribution >= 0.6 is 0 Å². The fourth-order valence-electron chi connectivity index (χ4n) is 2.98. The molecule has 0 bridgehead atoms. The van der Waals surface area contributed by atoms with Gasteiger partial charge in [-0.15, -0.1) is 0 Å². The molecule has 0 radical (unpaired) electrons. The molecule has 2 rings (SSSR count). The Morgan fingerprint density at radius 3 is 2.56 bits per heavy atom. The zero-order valence-corrected chi connectivity index (χ0v) is 11.9. The van der Waals surface area contributed by atoms with Gasteiger partial charge >= 0.3 is 0 Å². The Morgan fingerprint density at radius 2 is 2.00 bits per heavy atom. The molecule has 0 heterocycles. The number of aryl methyl sites for hydroxylation is 1. The number of nitrogens with two attached hydrogens (primary N) is 1. The van der Waals surface area contributed by atoms with Crippen LogP contribution in [0.15, 0.2) is 18.2 Å². The Kier molecular flexibility index (Phi) is 4.28. The van der Waals surface area contributed by atoms with Crippen LogP contribution in [-0.2, 0) is 6.42 Å². The number of nitrogens with zero attached hydrogens (tertiary/aromatic N) is 1. The maximum Gasteiger partial charge on any atom is 0.0368 e. The summed E-state index contributed by atoms with van der Waals surface area (Å²) in [5.74, 6) is 0. The summed E-state index contributed by atoms with van der Waals surface area (Å²) in [6, 6.07) is 7.80. The van der Waals surface area contributed by atoms with Crippen LogP contribution in [0.3, 0.4) is 0 Å². The van der Waals surface area contributed by atoms with Crippen LogP contribution in [0.5, 0.6) is 0 Å².